The Morgan fingerprint density at radius 3 is 2.04 bits per heavy atom. The van der Waals surface area contributed by atoms with Crippen molar-refractivity contribution in [1.29, 1.82) is 0 Å². The molecule has 1 fully saturated rings. The average molecular weight is 318 g/mol. The Bertz CT molecular complexity index is 710. The molecule has 0 aromatic heterocycles. The van der Waals surface area contributed by atoms with Gasteiger partial charge in [-0.05, 0) is 42.0 Å². The Labute approximate surface area is 132 Å². The smallest absolute Gasteiger partial charge is 0.324 e. The fourth-order valence-electron chi connectivity index (χ4n) is 2.65. The van der Waals surface area contributed by atoms with Crippen LogP contribution in [0.5, 0.6) is 0 Å². The summed E-state index contributed by atoms with van der Waals surface area (Å²) >= 11 is 0. The predicted octanol–water partition coefficient (Wildman–Crippen LogP) is 2.72. The Morgan fingerprint density at radius 2 is 1.52 bits per heavy atom. The van der Waals surface area contributed by atoms with Crippen molar-refractivity contribution in [3.63, 3.8) is 0 Å². The van der Waals surface area contributed by atoms with Crippen LogP contribution in [0.2, 0.25) is 0 Å². The first kappa shape index (κ1) is 15.4. The molecule has 4 nitrogen and oxygen atoms in total. The van der Waals surface area contributed by atoms with Gasteiger partial charge in [0.1, 0.15) is 17.2 Å². The summed E-state index contributed by atoms with van der Waals surface area (Å²) < 4.78 is 25.9. The fraction of sp³-hybridized carbons (Fsp3) is 0.235. The Hall–Kier alpha value is -2.47. The van der Waals surface area contributed by atoms with Gasteiger partial charge in [-0.1, -0.05) is 12.1 Å². The number of hydrogen-bond acceptors (Lipinski definition) is 2. The molecule has 120 valence electrons. The molecule has 1 aliphatic rings. The zero-order chi connectivity index (χ0) is 16.6. The standard InChI is InChI=1S/C17H16F2N2O2/c1-20(15-8-6-14(19)7-9-15)16(22)21-10-17(23,11-21)12-2-4-13(18)5-3-12/h2-9,23H,10-11H2,1H3. The van der Waals surface area contributed by atoms with Crippen molar-refractivity contribution in [2.24, 2.45) is 0 Å². The number of carbonyl (C=O) groups excluding carboxylic acids is 1. The summed E-state index contributed by atoms with van der Waals surface area (Å²) in [6, 6.07) is 10.9. The summed E-state index contributed by atoms with van der Waals surface area (Å²) in [6.45, 7) is 0.256. The van der Waals surface area contributed by atoms with Crippen LogP contribution in [-0.2, 0) is 5.60 Å². The third-order valence-electron chi connectivity index (χ3n) is 4.06. The van der Waals surface area contributed by atoms with Crippen LogP contribution in [0.25, 0.3) is 0 Å². The zero-order valence-corrected chi connectivity index (χ0v) is 12.5. The van der Waals surface area contributed by atoms with Gasteiger partial charge in [-0.3, -0.25) is 4.90 Å². The maximum absolute atomic E-state index is 12.9. The molecule has 0 unspecified atom stereocenters. The number of amides is 2. The molecule has 0 saturated carbocycles. The largest absolute Gasteiger partial charge is 0.381 e. The van der Waals surface area contributed by atoms with Crippen molar-refractivity contribution < 1.29 is 18.7 Å². The van der Waals surface area contributed by atoms with Crippen LogP contribution in [0.1, 0.15) is 5.56 Å². The van der Waals surface area contributed by atoms with Gasteiger partial charge in [-0.2, -0.15) is 0 Å². The molecule has 2 aromatic rings. The SMILES string of the molecule is CN(C(=O)N1CC(O)(c2ccc(F)cc2)C1)c1ccc(F)cc1. The van der Waals surface area contributed by atoms with Gasteiger partial charge in [0.05, 0.1) is 13.1 Å². The van der Waals surface area contributed by atoms with Gasteiger partial charge >= 0.3 is 6.03 Å². The molecule has 0 aliphatic carbocycles. The summed E-state index contributed by atoms with van der Waals surface area (Å²) in [5, 5.41) is 10.5. The monoisotopic (exact) mass is 318 g/mol. The van der Waals surface area contributed by atoms with Crippen molar-refractivity contribution in [3.05, 3.63) is 65.7 Å². The highest BCUT2D eigenvalue weighted by atomic mass is 19.1. The molecule has 23 heavy (non-hydrogen) atoms. The van der Waals surface area contributed by atoms with Gasteiger partial charge in [-0.15, -0.1) is 0 Å². The minimum absolute atomic E-state index is 0.128. The number of β-amino-alcohol motifs (C(OH)–C–C–N with tert-alkyl or cyclic N) is 1. The number of rotatable bonds is 2. The van der Waals surface area contributed by atoms with Crippen molar-refractivity contribution >= 4 is 11.7 Å². The van der Waals surface area contributed by atoms with E-state index in [1.807, 2.05) is 0 Å². The Morgan fingerprint density at radius 1 is 1.04 bits per heavy atom. The maximum atomic E-state index is 12.9. The molecule has 0 spiro atoms. The molecule has 6 heteroatoms. The molecule has 1 saturated heterocycles. The van der Waals surface area contributed by atoms with E-state index in [9.17, 15) is 18.7 Å². The van der Waals surface area contributed by atoms with E-state index in [1.165, 1.54) is 58.3 Å². The van der Waals surface area contributed by atoms with E-state index in [-0.39, 0.29) is 30.8 Å². The number of anilines is 1. The average Bonchev–Trinajstić information content (AvgIpc) is 2.52. The lowest BCUT2D eigenvalue weighted by molar-refractivity contribution is -0.0802. The summed E-state index contributed by atoms with van der Waals surface area (Å²) in [4.78, 5) is 15.2. The van der Waals surface area contributed by atoms with Crippen LogP contribution in [0.15, 0.2) is 48.5 Å². The van der Waals surface area contributed by atoms with Crippen molar-refractivity contribution in [1.82, 2.24) is 4.90 Å². The zero-order valence-electron chi connectivity index (χ0n) is 12.5. The topological polar surface area (TPSA) is 43.8 Å². The lowest BCUT2D eigenvalue weighted by atomic mass is 9.86. The highest BCUT2D eigenvalue weighted by Crippen LogP contribution is 2.33. The summed E-state index contributed by atoms with van der Waals surface area (Å²) in [5.74, 6) is -0.745. The number of aliphatic hydroxyl groups is 1. The van der Waals surface area contributed by atoms with Crippen LogP contribution >= 0.6 is 0 Å². The van der Waals surface area contributed by atoms with Gasteiger partial charge in [-0.25, -0.2) is 13.6 Å². The van der Waals surface area contributed by atoms with Gasteiger partial charge in [0.15, 0.2) is 0 Å². The summed E-state index contributed by atoms with van der Waals surface area (Å²) in [7, 11) is 1.59. The van der Waals surface area contributed by atoms with Crippen LogP contribution in [-0.4, -0.2) is 36.2 Å². The van der Waals surface area contributed by atoms with Gasteiger partial charge in [0.2, 0.25) is 0 Å². The minimum Gasteiger partial charge on any atom is -0.381 e. The molecular formula is C17H16F2N2O2. The van der Waals surface area contributed by atoms with E-state index in [1.54, 1.807) is 7.05 Å². The number of urea groups is 1. The molecule has 0 radical (unpaired) electrons. The quantitative estimate of drug-likeness (QED) is 0.925. The number of benzene rings is 2. The predicted molar refractivity (Wildman–Crippen MR) is 82.1 cm³/mol. The van der Waals surface area contributed by atoms with E-state index in [0.717, 1.165) is 0 Å². The second kappa shape index (κ2) is 5.62. The number of hydrogen-bond donors (Lipinski definition) is 1. The van der Waals surface area contributed by atoms with Crippen LogP contribution in [0.4, 0.5) is 19.3 Å². The highest BCUT2D eigenvalue weighted by Gasteiger charge is 2.45. The van der Waals surface area contributed by atoms with E-state index < -0.39 is 5.60 Å². The van der Waals surface area contributed by atoms with Crippen molar-refractivity contribution in [2.45, 2.75) is 5.60 Å². The Kier molecular flexibility index (Phi) is 3.77. The number of carbonyl (C=O) groups is 1. The lowest BCUT2D eigenvalue weighted by Crippen LogP contribution is -2.63. The third-order valence-corrected chi connectivity index (χ3v) is 4.06. The molecule has 2 amide bonds. The number of likely N-dealkylation sites (tertiary alicyclic amines) is 1. The molecule has 2 aromatic carbocycles. The molecule has 3 rings (SSSR count). The van der Waals surface area contributed by atoms with E-state index in [2.05, 4.69) is 0 Å². The highest BCUT2D eigenvalue weighted by molar-refractivity contribution is 5.92. The van der Waals surface area contributed by atoms with Gasteiger partial charge < -0.3 is 10.0 Å². The lowest BCUT2D eigenvalue weighted by Gasteiger charge is -2.47. The van der Waals surface area contributed by atoms with Crippen molar-refractivity contribution in [3.8, 4) is 0 Å². The molecule has 1 N–H and O–H groups in total. The molecule has 1 heterocycles. The van der Waals surface area contributed by atoms with Crippen molar-refractivity contribution in [2.75, 3.05) is 25.0 Å². The second-order valence-electron chi connectivity index (χ2n) is 5.71. The normalized spacial score (nSPS) is 15.9. The first-order chi connectivity index (χ1) is 10.9. The van der Waals surface area contributed by atoms with Gasteiger partial charge in [0.25, 0.3) is 0 Å². The van der Waals surface area contributed by atoms with E-state index in [0.29, 0.717) is 11.3 Å². The molecular weight excluding hydrogens is 302 g/mol. The second-order valence-corrected chi connectivity index (χ2v) is 5.71. The molecule has 0 bridgehead atoms. The van der Waals surface area contributed by atoms with E-state index >= 15 is 0 Å². The third kappa shape index (κ3) is 2.90. The minimum atomic E-state index is -1.16. The number of nitrogens with zero attached hydrogens (tertiary/aromatic N) is 2. The van der Waals surface area contributed by atoms with Crippen LogP contribution in [0, 0.1) is 11.6 Å². The van der Waals surface area contributed by atoms with Gasteiger partial charge in [0, 0.05) is 12.7 Å². The van der Waals surface area contributed by atoms with Crippen LogP contribution in [0.3, 0.4) is 0 Å². The summed E-state index contributed by atoms with van der Waals surface area (Å²) in [5.41, 5.74) is -0.0199. The Balaban J connectivity index is 1.67. The van der Waals surface area contributed by atoms with Crippen LogP contribution < -0.4 is 4.90 Å². The first-order valence-corrected chi connectivity index (χ1v) is 7.16. The first-order valence-electron chi connectivity index (χ1n) is 7.16. The maximum Gasteiger partial charge on any atom is 0.324 e. The fourth-order valence-corrected chi connectivity index (χ4v) is 2.65. The van der Waals surface area contributed by atoms with E-state index in [4.69, 9.17) is 0 Å². The number of halogens is 2. The molecule has 0 atom stereocenters. The molecule has 1 aliphatic heterocycles. The summed E-state index contributed by atoms with van der Waals surface area (Å²) in [6.07, 6.45) is 0.